The molecule has 1 rings (SSSR count). The van der Waals surface area contributed by atoms with E-state index in [9.17, 15) is 0 Å². The lowest BCUT2D eigenvalue weighted by Crippen LogP contribution is -2.24. The monoisotopic (exact) mass is 283 g/mol. The highest BCUT2D eigenvalue weighted by Gasteiger charge is 2.09. The number of amidine groups is 1. The molecule has 0 saturated carbocycles. The summed E-state index contributed by atoms with van der Waals surface area (Å²) in [5.74, 6) is 0.738. The number of nitrogens with zero attached hydrogens (tertiary/aromatic N) is 2. The Bertz CT molecular complexity index is 448. The van der Waals surface area contributed by atoms with E-state index in [0.717, 1.165) is 18.7 Å². The lowest BCUT2D eigenvalue weighted by atomic mass is 10.1. The third-order valence-corrected chi connectivity index (χ3v) is 3.57. The molecule has 0 aromatic heterocycles. The number of nitrogens with two attached hydrogens (primary N) is 1. The maximum absolute atomic E-state index is 8.63. The molecule has 1 unspecified atom stereocenters. The molecule has 0 aliphatic carbocycles. The first-order valence-corrected chi connectivity index (χ1v) is 6.80. The predicted molar refractivity (Wildman–Crippen MR) is 79.8 cm³/mol. The molecular formula is C14H22ClN3O. The van der Waals surface area contributed by atoms with Crippen molar-refractivity contribution in [3.05, 3.63) is 34.3 Å². The summed E-state index contributed by atoms with van der Waals surface area (Å²) in [6.45, 7) is 6.26. The smallest absolute Gasteiger partial charge is 0.170 e. The third kappa shape index (κ3) is 4.73. The van der Waals surface area contributed by atoms with Crippen LogP contribution in [0.15, 0.2) is 23.4 Å². The van der Waals surface area contributed by atoms with E-state index < -0.39 is 0 Å². The summed E-state index contributed by atoms with van der Waals surface area (Å²) < 4.78 is 0. The van der Waals surface area contributed by atoms with Gasteiger partial charge < -0.3 is 15.8 Å². The van der Waals surface area contributed by atoms with Crippen molar-refractivity contribution in [2.75, 3.05) is 13.6 Å². The van der Waals surface area contributed by atoms with Crippen LogP contribution in [-0.2, 0) is 6.54 Å². The molecule has 0 radical (unpaired) electrons. The van der Waals surface area contributed by atoms with Crippen LogP contribution >= 0.6 is 11.6 Å². The van der Waals surface area contributed by atoms with E-state index in [1.54, 1.807) is 6.07 Å². The molecule has 1 aromatic carbocycles. The van der Waals surface area contributed by atoms with Gasteiger partial charge in [0.1, 0.15) is 0 Å². The third-order valence-electron chi connectivity index (χ3n) is 3.22. The van der Waals surface area contributed by atoms with Crippen molar-refractivity contribution >= 4 is 17.4 Å². The SMILES string of the molecule is CCC(C)CN(C)Cc1ccc(/C(N)=N/O)cc1Cl. The first kappa shape index (κ1) is 15.8. The highest BCUT2D eigenvalue weighted by Crippen LogP contribution is 2.20. The van der Waals surface area contributed by atoms with Gasteiger partial charge in [0, 0.05) is 23.7 Å². The quantitative estimate of drug-likeness (QED) is 0.365. The zero-order valence-electron chi connectivity index (χ0n) is 11.7. The molecular weight excluding hydrogens is 262 g/mol. The van der Waals surface area contributed by atoms with Gasteiger partial charge in [0.2, 0.25) is 0 Å². The van der Waals surface area contributed by atoms with E-state index in [0.29, 0.717) is 16.5 Å². The molecule has 1 aromatic rings. The summed E-state index contributed by atoms with van der Waals surface area (Å²) in [5, 5.41) is 12.2. The van der Waals surface area contributed by atoms with Gasteiger partial charge in [0.25, 0.3) is 0 Å². The molecule has 5 heteroatoms. The maximum Gasteiger partial charge on any atom is 0.170 e. The summed E-state index contributed by atoms with van der Waals surface area (Å²) in [6, 6.07) is 5.46. The number of benzene rings is 1. The van der Waals surface area contributed by atoms with Gasteiger partial charge in [-0.3, -0.25) is 0 Å². The summed E-state index contributed by atoms with van der Waals surface area (Å²) in [7, 11) is 2.08. The normalized spacial score (nSPS) is 13.8. The van der Waals surface area contributed by atoms with Crippen LogP contribution in [0.2, 0.25) is 5.02 Å². The molecule has 0 spiro atoms. The predicted octanol–water partition coefficient (Wildman–Crippen LogP) is 2.91. The second-order valence-electron chi connectivity index (χ2n) is 5.00. The second kappa shape index (κ2) is 7.36. The Morgan fingerprint density at radius 3 is 2.74 bits per heavy atom. The van der Waals surface area contributed by atoms with E-state index in [2.05, 4.69) is 31.0 Å². The first-order valence-electron chi connectivity index (χ1n) is 6.42. The number of hydrogen-bond acceptors (Lipinski definition) is 3. The van der Waals surface area contributed by atoms with Crippen LogP contribution in [0.5, 0.6) is 0 Å². The molecule has 0 saturated heterocycles. The Hall–Kier alpha value is -1.26. The van der Waals surface area contributed by atoms with Crippen molar-refractivity contribution in [3.8, 4) is 0 Å². The van der Waals surface area contributed by atoms with E-state index in [1.165, 1.54) is 6.42 Å². The maximum atomic E-state index is 8.63. The molecule has 0 fully saturated rings. The molecule has 0 aliphatic heterocycles. The van der Waals surface area contributed by atoms with Crippen LogP contribution in [0.1, 0.15) is 31.4 Å². The van der Waals surface area contributed by atoms with Crippen molar-refractivity contribution in [1.29, 1.82) is 0 Å². The summed E-state index contributed by atoms with van der Waals surface area (Å²) >= 11 is 6.23. The van der Waals surface area contributed by atoms with E-state index in [1.807, 2.05) is 12.1 Å². The van der Waals surface area contributed by atoms with E-state index in [4.69, 9.17) is 22.5 Å². The Kier molecular flexibility index (Phi) is 6.12. The Labute approximate surface area is 119 Å². The van der Waals surface area contributed by atoms with Gasteiger partial charge in [-0.05, 0) is 24.6 Å². The van der Waals surface area contributed by atoms with Gasteiger partial charge in [0.05, 0.1) is 0 Å². The number of halogens is 1. The highest BCUT2D eigenvalue weighted by atomic mass is 35.5. The summed E-state index contributed by atoms with van der Waals surface area (Å²) in [5.41, 5.74) is 7.20. The molecule has 19 heavy (non-hydrogen) atoms. The number of oxime groups is 1. The molecule has 0 aliphatic rings. The topological polar surface area (TPSA) is 61.8 Å². The summed E-state index contributed by atoms with van der Waals surface area (Å²) in [4.78, 5) is 2.25. The Morgan fingerprint density at radius 2 is 2.21 bits per heavy atom. The van der Waals surface area contributed by atoms with Crippen molar-refractivity contribution in [2.45, 2.75) is 26.8 Å². The lowest BCUT2D eigenvalue weighted by Gasteiger charge is -2.21. The molecule has 3 N–H and O–H groups in total. The van der Waals surface area contributed by atoms with Gasteiger partial charge in [-0.2, -0.15) is 0 Å². The standard InChI is InChI=1S/C14H22ClN3O/c1-4-10(2)8-18(3)9-12-6-5-11(7-13(12)15)14(16)17-19/h5-7,10,19H,4,8-9H2,1-3H3,(H2,16,17). The van der Waals surface area contributed by atoms with Crippen LogP contribution in [0.3, 0.4) is 0 Å². The fourth-order valence-electron chi connectivity index (χ4n) is 1.91. The van der Waals surface area contributed by atoms with Crippen LogP contribution in [0.4, 0.5) is 0 Å². The van der Waals surface area contributed by atoms with E-state index in [-0.39, 0.29) is 5.84 Å². The number of hydrogen-bond donors (Lipinski definition) is 2. The molecule has 4 nitrogen and oxygen atoms in total. The van der Waals surface area contributed by atoms with Gasteiger partial charge in [0.15, 0.2) is 5.84 Å². The zero-order valence-corrected chi connectivity index (χ0v) is 12.5. The average molecular weight is 284 g/mol. The number of rotatable bonds is 6. The van der Waals surface area contributed by atoms with Crippen LogP contribution in [-0.4, -0.2) is 29.5 Å². The van der Waals surface area contributed by atoms with Gasteiger partial charge >= 0.3 is 0 Å². The van der Waals surface area contributed by atoms with Gasteiger partial charge in [-0.15, -0.1) is 0 Å². The van der Waals surface area contributed by atoms with E-state index >= 15 is 0 Å². The van der Waals surface area contributed by atoms with Crippen molar-refractivity contribution in [3.63, 3.8) is 0 Å². The lowest BCUT2D eigenvalue weighted by molar-refractivity contribution is 0.275. The molecule has 0 heterocycles. The second-order valence-corrected chi connectivity index (χ2v) is 5.41. The van der Waals surface area contributed by atoms with Crippen molar-refractivity contribution < 1.29 is 5.21 Å². The molecule has 1 atom stereocenters. The minimum Gasteiger partial charge on any atom is -0.409 e. The first-order chi connectivity index (χ1) is 8.97. The van der Waals surface area contributed by atoms with Gasteiger partial charge in [-0.1, -0.05) is 49.2 Å². The van der Waals surface area contributed by atoms with Crippen LogP contribution in [0.25, 0.3) is 0 Å². The van der Waals surface area contributed by atoms with Gasteiger partial charge in [-0.25, -0.2) is 0 Å². The highest BCUT2D eigenvalue weighted by molar-refractivity contribution is 6.31. The van der Waals surface area contributed by atoms with Crippen LogP contribution in [0, 0.1) is 5.92 Å². The fourth-order valence-corrected chi connectivity index (χ4v) is 2.15. The largest absolute Gasteiger partial charge is 0.409 e. The molecule has 0 amide bonds. The Morgan fingerprint density at radius 1 is 1.53 bits per heavy atom. The average Bonchev–Trinajstić information content (AvgIpc) is 2.39. The van der Waals surface area contributed by atoms with Crippen molar-refractivity contribution in [1.82, 2.24) is 4.90 Å². The zero-order chi connectivity index (χ0) is 14.4. The molecule has 106 valence electrons. The minimum atomic E-state index is 0.0707. The Balaban J connectivity index is 2.75. The summed E-state index contributed by atoms with van der Waals surface area (Å²) in [6.07, 6.45) is 1.17. The van der Waals surface area contributed by atoms with Crippen LogP contribution < -0.4 is 5.73 Å². The minimum absolute atomic E-state index is 0.0707. The molecule has 0 bridgehead atoms. The fraction of sp³-hybridized carbons (Fsp3) is 0.500. The van der Waals surface area contributed by atoms with Crippen molar-refractivity contribution in [2.24, 2.45) is 16.8 Å².